The zero-order chi connectivity index (χ0) is 11.0. The number of aliphatic hydroxyl groups excluding tert-OH is 3. The van der Waals surface area contributed by atoms with Crippen molar-refractivity contribution in [3.05, 3.63) is 12.7 Å². The fraction of sp³-hybridized carbons (Fsp3) is 0.818. The molecule has 0 aromatic carbocycles. The molecule has 3 N–H and O–H groups in total. The van der Waals surface area contributed by atoms with E-state index in [1.54, 1.807) is 0 Å². The summed E-state index contributed by atoms with van der Waals surface area (Å²) in [6.07, 6.45) is 4.19. The Balaban J connectivity index is 4.28. The van der Waals surface area contributed by atoms with Gasteiger partial charge in [0.25, 0.3) is 0 Å². The Morgan fingerprint density at radius 1 is 1.29 bits per heavy atom. The van der Waals surface area contributed by atoms with Gasteiger partial charge in [-0.15, -0.1) is 6.58 Å². The van der Waals surface area contributed by atoms with Gasteiger partial charge in [0, 0.05) is 5.41 Å². The van der Waals surface area contributed by atoms with Gasteiger partial charge in [0.15, 0.2) is 0 Å². The van der Waals surface area contributed by atoms with Crippen LogP contribution in [-0.2, 0) is 0 Å². The summed E-state index contributed by atoms with van der Waals surface area (Å²) in [5, 5.41) is 28.0. The van der Waals surface area contributed by atoms with Crippen molar-refractivity contribution in [2.45, 2.75) is 38.7 Å². The van der Waals surface area contributed by atoms with Crippen molar-refractivity contribution in [1.82, 2.24) is 0 Å². The number of hydrogen-bond acceptors (Lipinski definition) is 3. The standard InChI is InChI=1S/C11H22O3/c1-3-5-6-7-11(8-12,9-13)10(14)4-2/h4,10,12-14H,2-3,5-9H2,1H3. The molecule has 0 aromatic heterocycles. The lowest BCUT2D eigenvalue weighted by Gasteiger charge is -2.33. The number of hydrogen-bond donors (Lipinski definition) is 3. The highest BCUT2D eigenvalue weighted by Crippen LogP contribution is 2.29. The van der Waals surface area contributed by atoms with Gasteiger partial charge in [-0.25, -0.2) is 0 Å². The molecule has 84 valence electrons. The van der Waals surface area contributed by atoms with Crippen molar-refractivity contribution in [3.63, 3.8) is 0 Å². The zero-order valence-electron chi connectivity index (χ0n) is 8.95. The second-order valence-corrected chi connectivity index (χ2v) is 3.82. The predicted octanol–water partition coefficient (Wildman–Crippen LogP) is 1.08. The largest absolute Gasteiger partial charge is 0.396 e. The van der Waals surface area contributed by atoms with E-state index < -0.39 is 11.5 Å². The minimum atomic E-state index is -0.839. The second kappa shape index (κ2) is 6.98. The van der Waals surface area contributed by atoms with E-state index in [4.69, 9.17) is 0 Å². The van der Waals surface area contributed by atoms with Crippen molar-refractivity contribution in [3.8, 4) is 0 Å². The van der Waals surface area contributed by atoms with Crippen LogP contribution in [0.25, 0.3) is 0 Å². The van der Waals surface area contributed by atoms with Crippen LogP contribution in [0.3, 0.4) is 0 Å². The summed E-state index contributed by atoms with van der Waals surface area (Å²) in [6, 6.07) is 0. The van der Waals surface area contributed by atoms with Gasteiger partial charge >= 0.3 is 0 Å². The minimum Gasteiger partial charge on any atom is -0.396 e. The van der Waals surface area contributed by atoms with Gasteiger partial charge in [0.2, 0.25) is 0 Å². The van der Waals surface area contributed by atoms with Crippen LogP contribution in [-0.4, -0.2) is 34.6 Å². The van der Waals surface area contributed by atoms with Crippen LogP contribution in [0.4, 0.5) is 0 Å². The normalized spacial score (nSPS) is 14.0. The first-order valence-electron chi connectivity index (χ1n) is 5.19. The first-order valence-corrected chi connectivity index (χ1v) is 5.19. The molecular weight excluding hydrogens is 180 g/mol. The van der Waals surface area contributed by atoms with E-state index in [1.165, 1.54) is 6.08 Å². The minimum absolute atomic E-state index is 0.208. The summed E-state index contributed by atoms with van der Waals surface area (Å²) in [5.74, 6) is 0. The van der Waals surface area contributed by atoms with E-state index in [0.29, 0.717) is 6.42 Å². The molecule has 0 spiro atoms. The Labute approximate surface area is 86.1 Å². The number of aliphatic hydroxyl groups is 3. The molecule has 1 unspecified atom stereocenters. The fourth-order valence-corrected chi connectivity index (χ4v) is 1.52. The van der Waals surface area contributed by atoms with Gasteiger partial charge in [-0.05, 0) is 6.42 Å². The number of unbranched alkanes of at least 4 members (excludes halogenated alkanes) is 2. The lowest BCUT2D eigenvalue weighted by molar-refractivity contribution is -0.0373. The molecule has 0 fully saturated rings. The smallest absolute Gasteiger partial charge is 0.0818 e. The van der Waals surface area contributed by atoms with Gasteiger partial charge in [-0.2, -0.15) is 0 Å². The predicted molar refractivity (Wildman–Crippen MR) is 57.0 cm³/mol. The molecule has 0 saturated carbocycles. The quantitative estimate of drug-likeness (QED) is 0.408. The lowest BCUT2D eigenvalue weighted by Crippen LogP contribution is -2.40. The third-order valence-electron chi connectivity index (χ3n) is 2.76. The highest BCUT2D eigenvalue weighted by atomic mass is 16.3. The molecule has 0 radical (unpaired) electrons. The Kier molecular flexibility index (Phi) is 6.79. The molecule has 1 atom stereocenters. The molecule has 0 aliphatic rings. The topological polar surface area (TPSA) is 60.7 Å². The highest BCUT2D eigenvalue weighted by molar-refractivity contribution is 4.95. The average Bonchev–Trinajstić information content (AvgIpc) is 2.24. The van der Waals surface area contributed by atoms with Crippen molar-refractivity contribution >= 4 is 0 Å². The lowest BCUT2D eigenvalue weighted by atomic mass is 9.79. The molecule has 3 nitrogen and oxygen atoms in total. The zero-order valence-corrected chi connectivity index (χ0v) is 8.95. The molecule has 3 heteroatoms. The Bertz CT molecular complexity index is 153. The summed E-state index contributed by atoms with van der Waals surface area (Å²) in [4.78, 5) is 0. The second-order valence-electron chi connectivity index (χ2n) is 3.82. The molecule has 0 bridgehead atoms. The van der Waals surface area contributed by atoms with Crippen LogP contribution in [0, 0.1) is 5.41 Å². The van der Waals surface area contributed by atoms with Gasteiger partial charge in [-0.1, -0.05) is 32.3 Å². The van der Waals surface area contributed by atoms with Crippen LogP contribution >= 0.6 is 0 Å². The maximum absolute atomic E-state index is 9.63. The van der Waals surface area contributed by atoms with E-state index in [0.717, 1.165) is 19.3 Å². The first-order chi connectivity index (χ1) is 6.66. The van der Waals surface area contributed by atoms with Gasteiger partial charge in [0.05, 0.1) is 19.3 Å². The van der Waals surface area contributed by atoms with Gasteiger partial charge < -0.3 is 15.3 Å². The highest BCUT2D eigenvalue weighted by Gasteiger charge is 2.34. The van der Waals surface area contributed by atoms with E-state index >= 15 is 0 Å². The van der Waals surface area contributed by atoms with E-state index in [9.17, 15) is 15.3 Å². The molecule has 0 heterocycles. The monoisotopic (exact) mass is 202 g/mol. The van der Waals surface area contributed by atoms with E-state index in [-0.39, 0.29) is 13.2 Å². The summed E-state index contributed by atoms with van der Waals surface area (Å²) in [7, 11) is 0. The number of rotatable bonds is 8. The fourth-order valence-electron chi connectivity index (χ4n) is 1.52. The third kappa shape index (κ3) is 3.40. The van der Waals surface area contributed by atoms with Crippen LogP contribution in [0.15, 0.2) is 12.7 Å². The maximum Gasteiger partial charge on any atom is 0.0818 e. The summed E-state index contributed by atoms with van der Waals surface area (Å²) >= 11 is 0. The first kappa shape index (κ1) is 13.6. The summed E-state index contributed by atoms with van der Waals surface area (Å²) < 4.78 is 0. The molecule has 0 rings (SSSR count). The average molecular weight is 202 g/mol. The molecular formula is C11H22O3. The molecule has 0 saturated heterocycles. The Hall–Kier alpha value is -0.380. The molecule has 0 aromatic rings. The third-order valence-corrected chi connectivity index (χ3v) is 2.76. The SMILES string of the molecule is C=CC(O)C(CO)(CO)CCCCC. The maximum atomic E-state index is 9.63. The molecule has 0 aliphatic heterocycles. The van der Waals surface area contributed by atoms with E-state index in [1.807, 2.05) is 0 Å². The van der Waals surface area contributed by atoms with Crippen LogP contribution < -0.4 is 0 Å². The van der Waals surface area contributed by atoms with Gasteiger partial charge in [0.1, 0.15) is 0 Å². The van der Waals surface area contributed by atoms with Crippen molar-refractivity contribution in [2.75, 3.05) is 13.2 Å². The summed E-state index contributed by atoms with van der Waals surface area (Å²) in [5.41, 5.74) is -0.809. The van der Waals surface area contributed by atoms with E-state index in [2.05, 4.69) is 13.5 Å². The summed E-state index contributed by atoms with van der Waals surface area (Å²) in [6.45, 7) is 5.15. The van der Waals surface area contributed by atoms with Crippen LogP contribution in [0.2, 0.25) is 0 Å². The van der Waals surface area contributed by atoms with Crippen LogP contribution in [0.5, 0.6) is 0 Å². The van der Waals surface area contributed by atoms with Gasteiger partial charge in [-0.3, -0.25) is 0 Å². The van der Waals surface area contributed by atoms with Crippen molar-refractivity contribution in [2.24, 2.45) is 5.41 Å². The Morgan fingerprint density at radius 3 is 2.21 bits per heavy atom. The van der Waals surface area contributed by atoms with Crippen molar-refractivity contribution in [1.29, 1.82) is 0 Å². The van der Waals surface area contributed by atoms with Crippen LogP contribution in [0.1, 0.15) is 32.6 Å². The van der Waals surface area contributed by atoms with Crippen molar-refractivity contribution < 1.29 is 15.3 Å². The Morgan fingerprint density at radius 2 is 1.86 bits per heavy atom. The molecule has 14 heavy (non-hydrogen) atoms. The molecule has 0 aliphatic carbocycles. The molecule has 0 amide bonds.